The quantitative estimate of drug-likeness (QED) is 0.718. The standard InChI is InChI=1S/C15H27BrN2O2/c1-11(2)14(16)15(20)17(3)10-13(19)18(4)12-8-6-5-7-9-12/h11-12,14H,5-10H2,1-4H3. The summed E-state index contributed by atoms with van der Waals surface area (Å²) in [6.45, 7) is 4.14. The SMILES string of the molecule is CC(C)C(Br)C(=O)N(C)CC(=O)N(C)C1CCCCC1. The predicted molar refractivity (Wildman–Crippen MR) is 84.8 cm³/mol. The zero-order valence-corrected chi connectivity index (χ0v) is 14.6. The lowest BCUT2D eigenvalue weighted by atomic mass is 9.94. The third-order valence-electron chi connectivity index (χ3n) is 4.09. The molecule has 1 saturated carbocycles. The molecule has 5 heteroatoms. The molecule has 2 amide bonds. The molecule has 0 N–H and O–H groups in total. The minimum atomic E-state index is -0.222. The lowest BCUT2D eigenvalue weighted by molar-refractivity contribution is -0.140. The first-order valence-electron chi connectivity index (χ1n) is 7.49. The maximum atomic E-state index is 12.3. The van der Waals surface area contributed by atoms with Crippen molar-refractivity contribution in [3.63, 3.8) is 0 Å². The van der Waals surface area contributed by atoms with Gasteiger partial charge in [0.25, 0.3) is 0 Å². The van der Waals surface area contributed by atoms with Crippen molar-refractivity contribution in [1.29, 1.82) is 0 Å². The molecule has 0 aliphatic heterocycles. The number of nitrogens with zero attached hydrogens (tertiary/aromatic N) is 2. The Morgan fingerprint density at radius 1 is 1.15 bits per heavy atom. The molecule has 1 atom stereocenters. The van der Waals surface area contributed by atoms with Crippen LogP contribution in [0.1, 0.15) is 46.0 Å². The molecule has 20 heavy (non-hydrogen) atoms. The van der Waals surface area contributed by atoms with E-state index >= 15 is 0 Å². The van der Waals surface area contributed by atoms with E-state index in [1.165, 1.54) is 24.2 Å². The summed E-state index contributed by atoms with van der Waals surface area (Å²) in [5, 5.41) is 0. The molecule has 0 heterocycles. The van der Waals surface area contributed by atoms with Crippen molar-refractivity contribution in [3.05, 3.63) is 0 Å². The Morgan fingerprint density at radius 3 is 2.20 bits per heavy atom. The summed E-state index contributed by atoms with van der Waals surface area (Å²) in [5.41, 5.74) is 0. The van der Waals surface area contributed by atoms with Gasteiger partial charge in [0.2, 0.25) is 11.8 Å². The van der Waals surface area contributed by atoms with Crippen LogP contribution in [0, 0.1) is 5.92 Å². The van der Waals surface area contributed by atoms with Crippen LogP contribution in [-0.2, 0) is 9.59 Å². The average molecular weight is 347 g/mol. The van der Waals surface area contributed by atoms with Gasteiger partial charge >= 0.3 is 0 Å². The second-order valence-corrected chi connectivity index (χ2v) is 7.12. The summed E-state index contributed by atoms with van der Waals surface area (Å²) in [6.07, 6.45) is 5.86. The van der Waals surface area contributed by atoms with Crippen molar-refractivity contribution in [2.45, 2.75) is 56.8 Å². The Bertz CT molecular complexity index is 341. The molecule has 116 valence electrons. The zero-order valence-electron chi connectivity index (χ0n) is 13.1. The van der Waals surface area contributed by atoms with Crippen LogP contribution in [0.25, 0.3) is 0 Å². The number of halogens is 1. The van der Waals surface area contributed by atoms with Gasteiger partial charge in [0, 0.05) is 20.1 Å². The summed E-state index contributed by atoms with van der Waals surface area (Å²) in [6, 6.07) is 0.351. The summed E-state index contributed by atoms with van der Waals surface area (Å²) in [5.74, 6) is 0.234. The van der Waals surface area contributed by atoms with Crippen LogP contribution in [0.2, 0.25) is 0 Å². The van der Waals surface area contributed by atoms with Gasteiger partial charge in [0.05, 0.1) is 11.4 Å². The van der Waals surface area contributed by atoms with Crippen molar-refractivity contribution in [2.24, 2.45) is 5.92 Å². The summed E-state index contributed by atoms with van der Waals surface area (Å²) >= 11 is 3.40. The third-order valence-corrected chi connectivity index (χ3v) is 5.53. The van der Waals surface area contributed by atoms with E-state index in [4.69, 9.17) is 0 Å². The van der Waals surface area contributed by atoms with Crippen molar-refractivity contribution in [3.8, 4) is 0 Å². The summed E-state index contributed by atoms with van der Waals surface area (Å²) < 4.78 is 0. The molecule has 0 bridgehead atoms. The van der Waals surface area contributed by atoms with Crippen LogP contribution < -0.4 is 0 Å². The van der Waals surface area contributed by atoms with Crippen LogP contribution in [0.3, 0.4) is 0 Å². The number of carbonyl (C=O) groups excluding carboxylic acids is 2. The molecule has 0 aromatic heterocycles. The van der Waals surface area contributed by atoms with Crippen molar-refractivity contribution < 1.29 is 9.59 Å². The predicted octanol–water partition coefficient (Wildman–Crippen LogP) is 2.66. The van der Waals surface area contributed by atoms with Gasteiger partial charge in [-0.3, -0.25) is 9.59 Å². The second-order valence-electron chi connectivity index (χ2n) is 6.14. The Labute approximate surface area is 131 Å². The zero-order chi connectivity index (χ0) is 15.3. The van der Waals surface area contributed by atoms with Gasteiger partial charge in [-0.1, -0.05) is 49.0 Å². The number of alkyl halides is 1. The Hall–Kier alpha value is -0.580. The molecular formula is C15H27BrN2O2. The first-order valence-corrected chi connectivity index (χ1v) is 8.40. The molecular weight excluding hydrogens is 320 g/mol. The molecule has 1 aliphatic carbocycles. The van der Waals surface area contributed by atoms with Crippen molar-refractivity contribution >= 4 is 27.7 Å². The van der Waals surface area contributed by atoms with Gasteiger partial charge in [-0.15, -0.1) is 0 Å². The van der Waals surface area contributed by atoms with E-state index < -0.39 is 0 Å². The molecule has 0 aromatic carbocycles. The normalized spacial score (nSPS) is 17.9. The number of hydrogen-bond donors (Lipinski definition) is 0. The molecule has 1 rings (SSSR count). The molecule has 4 nitrogen and oxygen atoms in total. The number of likely N-dealkylation sites (N-methyl/N-ethyl adjacent to an activating group) is 2. The lowest BCUT2D eigenvalue weighted by Gasteiger charge is -2.32. The largest absolute Gasteiger partial charge is 0.341 e. The number of hydrogen-bond acceptors (Lipinski definition) is 2. The minimum Gasteiger partial charge on any atom is -0.341 e. The first kappa shape index (κ1) is 17.5. The Kier molecular flexibility index (Phi) is 7.00. The number of rotatable bonds is 5. The van der Waals surface area contributed by atoms with Gasteiger partial charge < -0.3 is 9.80 Å². The van der Waals surface area contributed by atoms with E-state index in [0.717, 1.165) is 12.8 Å². The molecule has 1 unspecified atom stereocenters. The van der Waals surface area contributed by atoms with E-state index in [2.05, 4.69) is 15.9 Å². The maximum Gasteiger partial charge on any atom is 0.242 e. The molecule has 0 radical (unpaired) electrons. The van der Waals surface area contributed by atoms with Crippen LogP contribution in [0.4, 0.5) is 0 Å². The van der Waals surface area contributed by atoms with Crippen LogP contribution in [-0.4, -0.2) is 53.1 Å². The molecule has 0 spiro atoms. The smallest absolute Gasteiger partial charge is 0.242 e. The first-order chi connectivity index (χ1) is 9.34. The van der Waals surface area contributed by atoms with Crippen LogP contribution >= 0.6 is 15.9 Å². The molecule has 1 fully saturated rings. The van der Waals surface area contributed by atoms with Gasteiger partial charge in [-0.25, -0.2) is 0 Å². The summed E-state index contributed by atoms with van der Waals surface area (Å²) in [7, 11) is 3.57. The highest BCUT2D eigenvalue weighted by molar-refractivity contribution is 9.10. The fourth-order valence-electron chi connectivity index (χ4n) is 2.56. The minimum absolute atomic E-state index is 0.0228. The highest BCUT2D eigenvalue weighted by Crippen LogP contribution is 2.22. The number of amides is 2. The topological polar surface area (TPSA) is 40.6 Å². The number of carbonyl (C=O) groups is 2. The Morgan fingerprint density at radius 2 is 1.70 bits per heavy atom. The van der Waals surface area contributed by atoms with Gasteiger partial charge in [-0.2, -0.15) is 0 Å². The highest BCUT2D eigenvalue weighted by atomic mass is 79.9. The fourth-order valence-corrected chi connectivity index (χ4v) is 2.91. The summed E-state index contributed by atoms with van der Waals surface area (Å²) in [4.78, 5) is 27.5. The van der Waals surface area contributed by atoms with E-state index in [-0.39, 0.29) is 29.1 Å². The van der Waals surface area contributed by atoms with Gasteiger partial charge in [0.1, 0.15) is 0 Å². The van der Waals surface area contributed by atoms with Crippen LogP contribution in [0.5, 0.6) is 0 Å². The van der Waals surface area contributed by atoms with Crippen molar-refractivity contribution in [2.75, 3.05) is 20.6 Å². The Balaban J connectivity index is 2.49. The van der Waals surface area contributed by atoms with Gasteiger partial charge in [0.15, 0.2) is 0 Å². The van der Waals surface area contributed by atoms with E-state index in [0.29, 0.717) is 6.04 Å². The van der Waals surface area contributed by atoms with Crippen molar-refractivity contribution in [1.82, 2.24) is 9.80 Å². The van der Waals surface area contributed by atoms with E-state index in [1.807, 2.05) is 25.8 Å². The van der Waals surface area contributed by atoms with Crippen LogP contribution in [0.15, 0.2) is 0 Å². The van der Waals surface area contributed by atoms with E-state index in [1.54, 1.807) is 7.05 Å². The maximum absolute atomic E-state index is 12.3. The second kappa shape index (κ2) is 8.01. The monoisotopic (exact) mass is 346 g/mol. The lowest BCUT2D eigenvalue weighted by Crippen LogP contribution is -2.46. The highest BCUT2D eigenvalue weighted by Gasteiger charge is 2.27. The molecule has 0 saturated heterocycles. The third kappa shape index (κ3) is 4.76. The van der Waals surface area contributed by atoms with Gasteiger partial charge in [-0.05, 0) is 18.8 Å². The average Bonchev–Trinajstić information content (AvgIpc) is 2.45. The fraction of sp³-hybridized carbons (Fsp3) is 0.867. The molecule has 1 aliphatic rings. The van der Waals surface area contributed by atoms with E-state index in [9.17, 15) is 9.59 Å². The molecule has 0 aromatic rings.